The number of ether oxygens (including phenoxy) is 1. The minimum atomic E-state index is -4.83. The molecule has 0 saturated heterocycles. The highest BCUT2D eigenvalue weighted by Gasteiger charge is 2.44. The molecule has 3 nitrogen and oxygen atoms in total. The molecule has 1 aromatic rings. The summed E-state index contributed by atoms with van der Waals surface area (Å²) in [4.78, 5) is 12.5. The van der Waals surface area contributed by atoms with Crippen LogP contribution in [0.4, 0.5) is 13.2 Å². The van der Waals surface area contributed by atoms with E-state index in [1.54, 1.807) is 7.11 Å². The van der Waals surface area contributed by atoms with E-state index in [-0.39, 0.29) is 13.1 Å². The van der Waals surface area contributed by atoms with Crippen LogP contribution in [0.1, 0.15) is 30.5 Å². The van der Waals surface area contributed by atoms with Gasteiger partial charge in [0.05, 0.1) is 7.11 Å². The fraction of sp³-hybridized carbons (Fsp3) is 0.562. The topological polar surface area (TPSA) is 29.5 Å². The largest absolute Gasteiger partial charge is 0.496 e. The number of halogens is 3. The van der Waals surface area contributed by atoms with Crippen LogP contribution in [-0.2, 0) is 16.6 Å². The highest BCUT2D eigenvalue weighted by molar-refractivity contribution is 5.82. The monoisotopic (exact) mass is 315 g/mol. The highest BCUT2D eigenvalue weighted by Crippen LogP contribution is 2.36. The second kappa shape index (κ2) is 5.48. The fourth-order valence-corrected chi connectivity index (χ4v) is 3.05. The molecule has 6 heteroatoms. The van der Waals surface area contributed by atoms with E-state index in [0.717, 1.165) is 21.6 Å². The van der Waals surface area contributed by atoms with Crippen LogP contribution < -0.4 is 4.74 Å². The number of methoxy groups -OCH3 is 1. The SMILES string of the molecule is COc1cc2c(cc1C)CCN(C(=O)C(F)(F)F)CC2(C)C. The van der Waals surface area contributed by atoms with Crippen molar-refractivity contribution >= 4 is 5.91 Å². The Morgan fingerprint density at radius 3 is 2.50 bits per heavy atom. The van der Waals surface area contributed by atoms with Crippen LogP contribution >= 0.6 is 0 Å². The average molecular weight is 315 g/mol. The minimum Gasteiger partial charge on any atom is -0.496 e. The summed E-state index contributed by atoms with van der Waals surface area (Å²) >= 11 is 0. The predicted molar refractivity (Wildman–Crippen MR) is 77.1 cm³/mol. The number of benzene rings is 1. The molecule has 1 heterocycles. The molecule has 1 amide bonds. The molecule has 2 rings (SSSR count). The van der Waals surface area contributed by atoms with Gasteiger partial charge in [0.2, 0.25) is 0 Å². The molecule has 1 aromatic carbocycles. The molecule has 122 valence electrons. The van der Waals surface area contributed by atoms with E-state index < -0.39 is 17.5 Å². The summed E-state index contributed by atoms with van der Waals surface area (Å²) in [5.74, 6) is -1.06. The van der Waals surface area contributed by atoms with Gasteiger partial charge in [-0.25, -0.2) is 0 Å². The number of carbonyl (C=O) groups is 1. The average Bonchev–Trinajstić information content (AvgIpc) is 2.52. The highest BCUT2D eigenvalue weighted by atomic mass is 19.4. The van der Waals surface area contributed by atoms with Crippen molar-refractivity contribution in [1.29, 1.82) is 0 Å². The fourth-order valence-electron chi connectivity index (χ4n) is 3.05. The van der Waals surface area contributed by atoms with Gasteiger partial charge < -0.3 is 9.64 Å². The Morgan fingerprint density at radius 1 is 1.32 bits per heavy atom. The molecule has 0 bridgehead atoms. The molecule has 0 radical (unpaired) electrons. The molecular weight excluding hydrogens is 295 g/mol. The Balaban J connectivity index is 2.42. The molecule has 0 spiro atoms. The number of nitrogens with zero attached hydrogens (tertiary/aromatic N) is 1. The molecule has 1 aliphatic rings. The molecule has 0 saturated carbocycles. The standard InChI is InChI=1S/C16H20F3NO2/c1-10-7-11-5-6-20(14(21)16(17,18)19)9-15(2,3)12(11)8-13(10)22-4/h7-8H,5-6,9H2,1-4H3. The second-order valence-corrected chi connectivity index (χ2v) is 6.34. The Bertz CT molecular complexity index is 594. The van der Waals surface area contributed by atoms with Crippen LogP contribution in [0, 0.1) is 6.92 Å². The van der Waals surface area contributed by atoms with Crippen LogP contribution in [0.5, 0.6) is 5.75 Å². The summed E-state index contributed by atoms with van der Waals surface area (Å²) in [5.41, 5.74) is 2.27. The lowest BCUT2D eigenvalue weighted by molar-refractivity contribution is -0.186. The first-order chi connectivity index (χ1) is 10.1. The Labute approximate surface area is 128 Å². The van der Waals surface area contributed by atoms with Gasteiger partial charge in [-0.3, -0.25) is 4.79 Å². The van der Waals surface area contributed by atoms with Crippen LogP contribution in [0.3, 0.4) is 0 Å². The first kappa shape index (κ1) is 16.6. The third kappa shape index (κ3) is 3.05. The molecule has 0 aromatic heterocycles. The van der Waals surface area contributed by atoms with Crippen LogP contribution in [-0.4, -0.2) is 37.2 Å². The summed E-state index contributed by atoms with van der Waals surface area (Å²) < 4.78 is 43.5. The maximum absolute atomic E-state index is 12.7. The van der Waals surface area contributed by atoms with Gasteiger partial charge in [-0.05, 0) is 36.1 Å². The van der Waals surface area contributed by atoms with Crippen molar-refractivity contribution in [3.63, 3.8) is 0 Å². The lowest BCUT2D eigenvalue weighted by Gasteiger charge is -2.31. The van der Waals surface area contributed by atoms with Crippen molar-refractivity contribution in [1.82, 2.24) is 4.90 Å². The van der Waals surface area contributed by atoms with Gasteiger partial charge in [-0.2, -0.15) is 13.2 Å². The van der Waals surface area contributed by atoms with E-state index in [9.17, 15) is 18.0 Å². The van der Waals surface area contributed by atoms with Crippen molar-refractivity contribution in [2.45, 2.75) is 38.8 Å². The van der Waals surface area contributed by atoms with Gasteiger partial charge >= 0.3 is 12.1 Å². The molecule has 0 N–H and O–H groups in total. The van der Waals surface area contributed by atoms with Gasteiger partial charge in [-0.15, -0.1) is 0 Å². The summed E-state index contributed by atoms with van der Waals surface area (Å²) in [6.45, 7) is 5.70. The van der Waals surface area contributed by atoms with E-state index in [4.69, 9.17) is 4.74 Å². The zero-order valence-electron chi connectivity index (χ0n) is 13.2. The molecule has 22 heavy (non-hydrogen) atoms. The smallest absolute Gasteiger partial charge is 0.471 e. The van der Waals surface area contributed by atoms with E-state index in [1.165, 1.54) is 0 Å². The summed E-state index contributed by atoms with van der Waals surface area (Å²) in [6.07, 6.45) is -4.42. The number of amides is 1. The van der Waals surface area contributed by atoms with Crippen LogP contribution in [0.25, 0.3) is 0 Å². The minimum absolute atomic E-state index is 0.0323. The summed E-state index contributed by atoms with van der Waals surface area (Å²) in [5, 5.41) is 0. The van der Waals surface area contributed by atoms with Gasteiger partial charge in [0.15, 0.2) is 0 Å². The lowest BCUT2D eigenvalue weighted by Crippen LogP contribution is -2.46. The van der Waals surface area contributed by atoms with Crippen molar-refractivity contribution in [2.75, 3.05) is 20.2 Å². The van der Waals surface area contributed by atoms with Crippen LogP contribution in [0.15, 0.2) is 12.1 Å². The molecule has 0 fully saturated rings. The number of aryl methyl sites for hydroxylation is 1. The molecular formula is C16H20F3NO2. The van der Waals surface area contributed by atoms with Gasteiger partial charge in [-0.1, -0.05) is 19.9 Å². The molecule has 0 aliphatic carbocycles. The van der Waals surface area contributed by atoms with Crippen molar-refractivity contribution in [2.24, 2.45) is 0 Å². The summed E-state index contributed by atoms with van der Waals surface area (Å²) in [6, 6.07) is 3.82. The van der Waals surface area contributed by atoms with Crippen molar-refractivity contribution in [3.05, 3.63) is 28.8 Å². The summed E-state index contributed by atoms with van der Waals surface area (Å²) in [7, 11) is 1.57. The second-order valence-electron chi connectivity index (χ2n) is 6.34. The lowest BCUT2D eigenvalue weighted by atomic mass is 9.81. The van der Waals surface area contributed by atoms with Crippen molar-refractivity contribution < 1.29 is 22.7 Å². The number of hydrogen-bond acceptors (Lipinski definition) is 2. The van der Waals surface area contributed by atoms with E-state index in [2.05, 4.69) is 0 Å². The van der Waals surface area contributed by atoms with Crippen LogP contribution in [0.2, 0.25) is 0 Å². The predicted octanol–water partition coefficient (Wildman–Crippen LogP) is 3.23. The van der Waals surface area contributed by atoms with E-state index >= 15 is 0 Å². The van der Waals surface area contributed by atoms with Crippen molar-refractivity contribution in [3.8, 4) is 5.75 Å². The Morgan fingerprint density at radius 2 is 1.95 bits per heavy atom. The zero-order chi connectivity index (χ0) is 16.7. The number of alkyl halides is 3. The molecule has 1 aliphatic heterocycles. The van der Waals surface area contributed by atoms with E-state index in [1.807, 2.05) is 32.9 Å². The van der Waals surface area contributed by atoms with Gasteiger partial charge in [0.25, 0.3) is 0 Å². The first-order valence-corrected chi connectivity index (χ1v) is 7.10. The third-order valence-electron chi connectivity index (χ3n) is 4.12. The first-order valence-electron chi connectivity index (χ1n) is 7.10. The quantitative estimate of drug-likeness (QED) is 0.796. The molecule has 0 atom stereocenters. The molecule has 0 unspecified atom stereocenters. The number of carbonyl (C=O) groups excluding carboxylic acids is 1. The number of hydrogen-bond donors (Lipinski definition) is 0. The van der Waals surface area contributed by atoms with Gasteiger partial charge in [0.1, 0.15) is 5.75 Å². The van der Waals surface area contributed by atoms with E-state index in [0.29, 0.717) is 12.2 Å². The zero-order valence-corrected chi connectivity index (χ0v) is 13.2. The number of rotatable bonds is 1. The Hall–Kier alpha value is -1.72. The maximum atomic E-state index is 12.7. The third-order valence-corrected chi connectivity index (χ3v) is 4.12. The maximum Gasteiger partial charge on any atom is 0.471 e. The number of fused-ring (bicyclic) bond motifs is 1. The Kier molecular flexibility index (Phi) is 4.15. The van der Waals surface area contributed by atoms with Gasteiger partial charge in [0, 0.05) is 18.5 Å². The normalized spacial score (nSPS) is 17.7.